The topological polar surface area (TPSA) is 54.5 Å². The first-order chi connectivity index (χ1) is 11.0. The Kier molecular flexibility index (Phi) is 6.22. The zero-order valence-electron chi connectivity index (χ0n) is 14.1. The summed E-state index contributed by atoms with van der Waals surface area (Å²) in [4.78, 5) is 14.7. The van der Waals surface area contributed by atoms with Crippen molar-refractivity contribution in [2.75, 3.05) is 18.8 Å². The third-order valence-corrected chi connectivity index (χ3v) is 6.72. The predicted molar refractivity (Wildman–Crippen MR) is 91.9 cm³/mol. The molecule has 0 unspecified atom stereocenters. The third kappa shape index (κ3) is 4.56. The highest BCUT2D eigenvalue weighted by Crippen LogP contribution is 2.24. The van der Waals surface area contributed by atoms with Gasteiger partial charge in [-0.15, -0.1) is 0 Å². The van der Waals surface area contributed by atoms with E-state index < -0.39 is 9.84 Å². The Hall–Kier alpha value is -1.36. The number of rotatable bonds is 6. The average Bonchev–Trinajstić information content (AvgIpc) is 2.57. The minimum absolute atomic E-state index is 0.111. The van der Waals surface area contributed by atoms with Crippen LogP contribution in [0.5, 0.6) is 0 Å². The van der Waals surface area contributed by atoms with Crippen molar-refractivity contribution in [3.63, 3.8) is 0 Å². The van der Waals surface area contributed by atoms with E-state index in [1.165, 1.54) is 0 Å². The fourth-order valence-corrected chi connectivity index (χ4v) is 4.97. The summed E-state index contributed by atoms with van der Waals surface area (Å²) < 4.78 is 24.9. The molecule has 1 fully saturated rings. The minimum Gasteiger partial charge on any atom is -0.342 e. The molecule has 23 heavy (non-hydrogen) atoms. The summed E-state index contributed by atoms with van der Waals surface area (Å²) >= 11 is 0. The molecule has 0 bridgehead atoms. The summed E-state index contributed by atoms with van der Waals surface area (Å²) in [6.45, 7) is 5.46. The van der Waals surface area contributed by atoms with E-state index in [1.54, 1.807) is 24.3 Å². The van der Waals surface area contributed by atoms with Crippen molar-refractivity contribution in [1.29, 1.82) is 0 Å². The number of likely N-dealkylation sites (tertiary alicyclic amines) is 1. The highest BCUT2D eigenvalue weighted by atomic mass is 32.2. The molecule has 0 aliphatic carbocycles. The number of carbonyl (C=O) groups is 1. The van der Waals surface area contributed by atoms with E-state index >= 15 is 0 Å². The van der Waals surface area contributed by atoms with E-state index in [9.17, 15) is 13.2 Å². The van der Waals surface area contributed by atoms with Crippen LogP contribution in [0.2, 0.25) is 0 Å². The largest absolute Gasteiger partial charge is 0.342 e. The Morgan fingerprint density at radius 3 is 2.22 bits per heavy atom. The van der Waals surface area contributed by atoms with Gasteiger partial charge in [-0.1, -0.05) is 32.0 Å². The van der Waals surface area contributed by atoms with Crippen LogP contribution in [-0.2, 0) is 14.6 Å². The van der Waals surface area contributed by atoms with Gasteiger partial charge >= 0.3 is 0 Å². The maximum Gasteiger partial charge on any atom is 0.225 e. The summed E-state index contributed by atoms with van der Waals surface area (Å²) in [7, 11) is -3.23. The smallest absolute Gasteiger partial charge is 0.225 e. The number of piperidine rings is 1. The first kappa shape index (κ1) is 18.0. The molecular weight excluding hydrogens is 310 g/mol. The summed E-state index contributed by atoms with van der Waals surface area (Å²) in [5.41, 5.74) is 0. The van der Waals surface area contributed by atoms with Crippen LogP contribution in [-0.4, -0.2) is 38.1 Å². The van der Waals surface area contributed by atoms with Gasteiger partial charge in [0, 0.05) is 19.0 Å². The van der Waals surface area contributed by atoms with Gasteiger partial charge < -0.3 is 4.90 Å². The summed E-state index contributed by atoms with van der Waals surface area (Å²) in [6.07, 6.45) is 3.30. The van der Waals surface area contributed by atoms with Gasteiger partial charge in [0.1, 0.15) is 0 Å². The molecule has 0 radical (unpaired) electrons. The average molecular weight is 337 g/mol. The second kappa shape index (κ2) is 7.95. The van der Waals surface area contributed by atoms with Gasteiger partial charge in [0.25, 0.3) is 0 Å². The molecule has 1 heterocycles. The van der Waals surface area contributed by atoms with Crippen molar-refractivity contribution in [1.82, 2.24) is 4.90 Å². The molecule has 0 atom stereocenters. The number of nitrogens with zero attached hydrogens (tertiary/aromatic N) is 1. The Morgan fingerprint density at radius 1 is 1.13 bits per heavy atom. The number of sulfone groups is 1. The molecule has 5 heteroatoms. The van der Waals surface area contributed by atoms with Crippen LogP contribution in [0.25, 0.3) is 0 Å². The molecule has 0 spiro atoms. The fourth-order valence-electron chi connectivity index (χ4n) is 3.25. The van der Waals surface area contributed by atoms with Gasteiger partial charge in [0.2, 0.25) is 5.91 Å². The SMILES string of the molecule is CCC(CC)C(=O)N1CCC(CS(=O)(=O)c2ccccc2)CC1. The van der Waals surface area contributed by atoms with Crippen LogP contribution in [0.1, 0.15) is 39.5 Å². The molecule has 1 saturated heterocycles. The van der Waals surface area contributed by atoms with Crippen molar-refractivity contribution in [2.45, 2.75) is 44.4 Å². The molecule has 4 nitrogen and oxygen atoms in total. The molecule has 1 amide bonds. The van der Waals surface area contributed by atoms with Crippen molar-refractivity contribution in [2.24, 2.45) is 11.8 Å². The standard InChI is InChI=1S/C18H27NO3S/c1-3-16(4-2)18(20)19-12-10-15(11-13-19)14-23(21,22)17-8-6-5-7-9-17/h5-9,15-16H,3-4,10-14H2,1-2H3. The summed E-state index contributed by atoms with van der Waals surface area (Å²) in [6, 6.07) is 8.64. The molecule has 1 aliphatic rings. The molecular formula is C18H27NO3S. The second-order valence-electron chi connectivity index (χ2n) is 6.38. The lowest BCUT2D eigenvalue weighted by molar-refractivity contribution is -0.137. The third-order valence-electron chi connectivity index (χ3n) is 4.82. The highest BCUT2D eigenvalue weighted by molar-refractivity contribution is 7.91. The number of benzene rings is 1. The van der Waals surface area contributed by atoms with E-state index in [0.717, 1.165) is 25.7 Å². The maximum absolute atomic E-state index is 12.4. The maximum atomic E-state index is 12.4. The molecule has 1 aromatic carbocycles. The first-order valence-electron chi connectivity index (χ1n) is 8.54. The molecule has 0 N–H and O–H groups in total. The Labute approximate surface area is 139 Å². The van der Waals surface area contributed by atoms with Crippen LogP contribution < -0.4 is 0 Å². The van der Waals surface area contributed by atoms with Crippen molar-refractivity contribution >= 4 is 15.7 Å². The first-order valence-corrected chi connectivity index (χ1v) is 10.2. The molecule has 1 aliphatic heterocycles. The lowest BCUT2D eigenvalue weighted by atomic mass is 9.96. The number of hydrogen-bond donors (Lipinski definition) is 0. The van der Waals surface area contributed by atoms with E-state index in [0.29, 0.717) is 18.0 Å². The Morgan fingerprint density at radius 2 is 1.70 bits per heavy atom. The monoisotopic (exact) mass is 337 g/mol. The van der Waals surface area contributed by atoms with E-state index in [1.807, 2.05) is 24.8 Å². The second-order valence-corrected chi connectivity index (χ2v) is 8.41. The van der Waals surface area contributed by atoms with Gasteiger partial charge in [0.15, 0.2) is 9.84 Å². The number of hydrogen-bond acceptors (Lipinski definition) is 3. The minimum atomic E-state index is -3.23. The quantitative estimate of drug-likeness (QED) is 0.801. The zero-order valence-corrected chi connectivity index (χ0v) is 14.9. The van der Waals surface area contributed by atoms with E-state index in [4.69, 9.17) is 0 Å². The summed E-state index contributed by atoms with van der Waals surface area (Å²) in [5.74, 6) is 0.675. The van der Waals surface area contributed by atoms with Gasteiger partial charge in [-0.2, -0.15) is 0 Å². The molecule has 2 rings (SSSR count). The van der Waals surface area contributed by atoms with Crippen molar-refractivity contribution in [3.8, 4) is 0 Å². The van der Waals surface area contributed by atoms with Crippen molar-refractivity contribution in [3.05, 3.63) is 30.3 Å². The fraction of sp³-hybridized carbons (Fsp3) is 0.611. The molecule has 1 aromatic rings. The lowest BCUT2D eigenvalue weighted by Crippen LogP contribution is -2.42. The Balaban J connectivity index is 1.91. The van der Waals surface area contributed by atoms with Crippen LogP contribution in [0.15, 0.2) is 35.2 Å². The highest BCUT2D eigenvalue weighted by Gasteiger charge is 2.29. The lowest BCUT2D eigenvalue weighted by Gasteiger charge is -2.33. The van der Waals surface area contributed by atoms with Gasteiger partial charge in [-0.05, 0) is 43.7 Å². The van der Waals surface area contributed by atoms with Crippen molar-refractivity contribution < 1.29 is 13.2 Å². The predicted octanol–water partition coefficient (Wildman–Crippen LogP) is 3.14. The normalized spacial score (nSPS) is 16.7. The van der Waals surface area contributed by atoms with E-state index in [-0.39, 0.29) is 23.5 Å². The van der Waals surface area contributed by atoms with Gasteiger partial charge in [-0.3, -0.25) is 4.79 Å². The molecule has 128 valence electrons. The zero-order chi connectivity index (χ0) is 16.9. The van der Waals surface area contributed by atoms with E-state index in [2.05, 4.69) is 0 Å². The van der Waals surface area contributed by atoms with Crippen LogP contribution in [0, 0.1) is 11.8 Å². The van der Waals surface area contributed by atoms with Gasteiger partial charge in [-0.25, -0.2) is 8.42 Å². The molecule has 0 aromatic heterocycles. The number of carbonyl (C=O) groups excluding carboxylic acids is 1. The van der Waals surface area contributed by atoms with Crippen LogP contribution in [0.4, 0.5) is 0 Å². The Bertz CT molecular complexity index is 600. The van der Waals surface area contributed by atoms with Crippen LogP contribution >= 0.6 is 0 Å². The van der Waals surface area contributed by atoms with Crippen LogP contribution in [0.3, 0.4) is 0 Å². The number of amides is 1. The molecule has 0 saturated carbocycles. The van der Waals surface area contributed by atoms with Gasteiger partial charge in [0.05, 0.1) is 10.6 Å². The summed E-state index contributed by atoms with van der Waals surface area (Å²) in [5, 5.41) is 0.